The minimum absolute atomic E-state index is 0.101. The predicted molar refractivity (Wildman–Crippen MR) is 340 cm³/mol. The lowest BCUT2D eigenvalue weighted by Gasteiger charge is -2.21. The molecule has 0 aromatic carbocycles. The molecule has 0 spiro atoms. The van der Waals surface area contributed by atoms with Gasteiger partial charge in [-0.25, -0.2) is 9.13 Å². The molecule has 0 fully saturated rings. The van der Waals surface area contributed by atoms with Crippen molar-refractivity contribution in [2.24, 2.45) is 23.7 Å². The molecule has 0 aliphatic rings. The van der Waals surface area contributed by atoms with Gasteiger partial charge in [0.05, 0.1) is 26.4 Å². The van der Waals surface area contributed by atoms with Crippen molar-refractivity contribution in [1.82, 2.24) is 0 Å². The summed E-state index contributed by atoms with van der Waals surface area (Å²) < 4.78 is 68.0. The molecule has 19 heteroatoms. The number of carbonyl (C=O) groups excluding carboxylic acids is 4. The molecule has 0 saturated heterocycles. The topological polar surface area (TPSA) is 237 Å². The summed E-state index contributed by atoms with van der Waals surface area (Å²) in [5, 5.41) is 10.5. The Morgan fingerprint density at radius 1 is 0.329 bits per heavy atom. The van der Waals surface area contributed by atoms with Gasteiger partial charge in [0.15, 0.2) is 12.2 Å². The molecular formula is C66H128O17P2. The van der Waals surface area contributed by atoms with Crippen LogP contribution in [0.4, 0.5) is 0 Å². The Balaban J connectivity index is 5.22. The van der Waals surface area contributed by atoms with E-state index in [9.17, 15) is 43.2 Å². The van der Waals surface area contributed by atoms with Gasteiger partial charge in [0.25, 0.3) is 0 Å². The fraction of sp³-hybridized carbons (Fsp3) is 0.939. The quantitative estimate of drug-likeness (QED) is 0.0222. The van der Waals surface area contributed by atoms with E-state index >= 15 is 0 Å². The number of unbranched alkanes of at least 4 members (excludes halogenated alkanes) is 28. The van der Waals surface area contributed by atoms with Crippen molar-refractivity contribution in [3.8, 4) is 0 Å². The zero-order valence-corrected chi connectivity index (χ0v) is 57.0. The summed E-state index contributed by atoms with van der Waals surface area (Å²) in [6, 6.07) is 0. The number of hydrogen-bond donors (Lipinski definition) is 3. The highest BCUT2D eigenvalue weighted by Gasteiger charge is 2.30. The van der Waals surface area contributed by atoms with E-state index in [4.69, 9.17) is 37.0 Å². The van der Waals surface area contributed by atoms with Crippen LogP contribution in [-0.2, 0) is 65.4 Å². The fourth-order valence-electron chi connectivity index (χ4n) is 9.75. The van der Waals surface area contributed by atoms with Crippen LogP contribution in [0.5, 0.6) is 0 Å². The summed E-state index contributed by atoms with van der Waals surface area (Å²) in [7, 11) is -9.89. The normalized spacial score (nSPS) is 14.7. The van der Waals surface area contributed by atoms with Crippen LogP contribution in [0.1, 0.15) is 319 Å². The van der Waals surface area contributed by atoms with Crippen LogP contribution in [-0.4, -0.2) is 96.7 Å². The maximum absolute atomic E-state index is 13.0. The Morgan fingerprint density at radius 3 is 0.835 bits per heavy atom. The highest BCUT2D eigenvalue weighted by Crippen LogP contribution is 2.45. The first-order valence-electron chi connectivity index (χ1n) is 34.2. The summed E-state index contributed by atoms with van der Waals surface area (Å²) in [5.74, 6) is 0.756. The summed E-state index contributed by atoms with van der Waals surface area (Å²) in [6.07, 6.45) is 36.5. The van der Waals surface area contributed by atoms with Crippen molar-refractivity contribution in [1.29, 1.82) is 0 Å². The second-order valence-electron chi connectivity index (χ2n) is 25.5. The maximum atomic E-state index is 13.0. The largest absolute Gasteiger partial charge is 0.472 e. The van der Waals surface area contributed by atoms with Gasteiger partial charge in [-0.3, -0.25) is 37.3 Å². The molecule has 0 bridgehead atoms. The van der Waals surface area contributed by atoms with Gasteiger partial charge in [-0.2, -0.15) is 0 Å². The van der Waals surface area contributed by atoms with Crippen molar-refractivity contribution in [2.75, 3.05) is 39.6 Å². The van der Waals surface area contributed by atoms with Crippen LogP contribution in [0.25, 0.3) is 0 Å². The molecule has 0 aromatic heterocycles. The molecule has 17 nitrogen and oxygen atoms in total. The van der Waals surface area contributed by atoms with E-state index in [1.165, 1.54) is 122 Å². The number of aliphatic hydroxyl groups is 1. The molecule has 0 aliphatic heterocycles. The van der Waals surface area contributed by atoms with E-state index in [0.29, 0.717) is 31.6 Å². The molecule has 0 amide bonds. The van der Waals surface area contributed by atoms with E-state index < -0.39 is 97.5 Å². The molecule has 85 heavy (non-hydrogen) atoms. The molecule has 0 aromatic rings. The van der Waals surface area contributed by atoms with Gasteiger partial charge in [-0.1, -0.05) is 267 Å². The molecule has 0 rings (SSSR count). The third-order valence-corrected chi connectivity index (χ3v) is 17.3. The van der Waals surface area contributed by atoms with Crippen LogP contribution in [0, 0.1) is 23.7 Å². The van der Waals surface area contributed by atoms with Gasteiger partial charge in [0.1, 0.15) is 19.3 Å². The van der Waals surface area contributed by atoms with Crippen LogP contribution < -0.4 is 0 Å². The number of esters is 4. The van der Waals surface area contributed by atoms with E-state index in [1.54, 1.807) is 0 Å². The average molecular weight is 1260 g/mol. The fourth-order valence-corrected chi connectivity index (χ4v) is 11.3. The first-order chi connectivity index (χ1) is 40.6. The van der Waals surface area contributed by atoms with Crippen molar-refractivity contribution in [3.05, 3.63) is 0 Å². The smallest absolute Gasteiger partial charge is 0.462 e. The highest BCUT2D eigenvalue weighted by molar-refractivity contribution is 7.47. The number of phosphoric acid groups is 2. The molecule has 0 saturated carbocycles. The summed E-state index contributed by atoms with van der Waals surface area (Å²) in [4.78, 5) is 72.3. The van der Waals surface area contributed by atoms with E-state index in [2.05, 4.69) is 55.4 Å². The first kappa shape index (κ1) is 83.1. The van der Waals surface area contributed by atoms with Crippen LogP contribution in [0.2, 0.25) is 0 Å². The van der Waals surface area contributed by atoms with Gasteiger partial charge in [0, 0.05) is 25.7 Å². The lowest BCUT2D eigenvalue weighted by molar-refractivity contribution is -0.161. The minimum atomic E-state index is -4.95. The average Bonchev–Trinajstić information content (AvgIpc) is 3.57. The second kappa shape index (κ2) is 56.1. The van der Waals surface area contributed by atoms with Crippen LogP contribution in [0.15, 0.2) is 0 Å². The van der Waals surface area contributed by atoms with Crippen molar-refractivity contribution in [2.45, 2.75) is 337 Å². The zero-order valence-electron chi connectivity index (χ0n) is 55.2. The number of ether oxygens (including phenoxy) is 4. The predicted octanol–water partition coefficient (Wildman–Crippen LogP) is 18.1. The third kappa shape index (κ3) is 59.5. The number of carbonyl (C=O) groups is 4. The molecule has 4 unspecified atom stereocenters. The standard InChI is InChI=1S/C66H128O17P2/c1-9-59(8)45-37-29-23-25-33-41-49-66(71)83-62(53-76-63(68)46-38-30-20-15-13-11-10-12-14-18-26-34-42-56(2)3)55-81-85(74,75)79-51-60(67)50-78-84(72,73)80-54-61(82-65(70)48-40-32-24-22-28-36-44-58(6)7)52-77-64(69)47-39-31-21-17-16-19-27-35-43-57(4)5/h56-62,67H,9-55H2,1-8H3,(H,72,73)(H,74,75)/t59?,60?,61-,62-/m1/s1. The van der Waals surface area contributed by atoms with Crippen molar-refractivity contribution in [3.63, 3.8) is 0 Å². The lowest BCUT2D eigenvalue weighted by atomic mass is 10.00. The number of phosphoric ester groups is 2. The number of hydrogen-bond acceptors (Lipinski definition) is 15. The molecule has 6 atom stereocenters. The minimum Gasteiger partial charge on any atom is -0.462 e. The van der Waals surface area contributed by atoms with Gasteiger partial charge in [-0.05, 0) is 49.4 Å². The zero-order chi connectivity index (χ0) is 63.2. The molecule has 0 heterocycles. The van der Waals surface area contributed by atoms with E-state index in [0.717, 1.165) is 108 Å². The lowest BCUT2D eigenvalue weighted by Crippen LogP contribution is -2.30. The monoisotopic (exact) mass is 1250 g/mol. The molecule has 0 aliphatic carbocycles. The van der Waals surface area contributed by atoms with Crippen molar-refractivity contribution < 1.29 is 80.2 Å². The molecule has 504 valence electrons. The Morgan fingerprint density at radius 2 is 0.565 bits per heavy atom. The van der Waals surface area contributed by atoms with Gasteiger partial charge in [-0.15, -0.1) is 0 Å². The first-order valence-corrected chi connectivity index (χ1v) is 37.2. The van der Waals surface area contributed by atoms with Crippen molar-refractivity contribution >= 4 is 39.5 Å². The van der Waals surface area contributed by atoms with Gasteiger partial charge in [0.2, 0.25) is 0 Å². The SMILES string of the molecule is CCC(C)CCCCCCCCC(=O)O[C@H](COC(=O)CCCCCCCCCCCCCCC(C)C)COP(=O)(O)OCC(O)COP(=O)(O)OC[C@@H](COC(=O)CCCCCCCCCCC(C)C)OC(=O)CCCCCCCCC(C)C. The number of rotatable bonds is 63. The Kier molecular flexibility index (Phi) is 54.8. The maximum Gasteiger partial charge on any atom is 0.472 e. The second-order valence-corrected chi connectivity index (χ2v) is 28.4. The van der Waals surface area contributed by atoms with Gasteiger partial charge >= 0.3 is 39.5 Å². The highest BCUT2D eigenvalue weighted by atomic mass is 31.2. The van der Waals surface area contributed by atoms with E-state index in [1.807, 2.05) is 0 Å². The summed E-state index contributed by atoms with van der Waals surface area (Å²) in [6.45, 7) is 13.9. The summed E-state index contributed by atoms with van der Waals surface area (Å²) >= 11 is 0. The van der Waals surface area contributed by atoms with Gasteiger partial charge < -0.3 is 33.8 Å². The Labute approximate surface area is 517 Å². The van der Waals surface area contributed by atoms with E-state index in [-0.39, 0.29) is 25.7 Å². The molecular weight excluding hydrogens is 1130 g/mol. The van der Waals surface area contributed by atoms with Crippen LogP contribution >= 0.6 is 15.6 Å². The Hall–Kier alpha value is -1.94. The molecule has 0 radical (unpaired) electrons. The van der Waals surface area contributed by atoms with Crippen LogP contribution in [0.3, 0.4) is 0 Å². The third-order valence-electron chi connectivity index (χ3n) is 15.4. The number of aliphatic hydroxyl groups excluding tert-OH is 1. The summed E-state index contributed by atoms with van der Waals surface area (Å²) in [5.41, 5.74) is 0. The molecule has 3 N–H and O–H groups in total. The Bertz CT molecular complexity index is 1700.